The van der Waals surface area contributed by atoms with E-state index in [9.17, 15) is 0 Å². The standard InChI is InChI=1S/C44H33N3/c1-3-31(4-2)35-23-16-24-36(27-35)38-28-37(32-17-8-5-9-18-32)29-39(30-38)43-45-42(34-21-12-7-13-22-34)46-44(47-43)41-26-15-14-25-40(41)33-19-10-6-11-20-33/h3-30H,1H2,2H3/b31-4+. The topological polar surface area (TPSA) is 38.7 Å². The minimum absolute atomic E-state index is 0.618. The van der Waals surface area contributed by atoms with E-state index in [2.05, 4.69) is 122 Å². The van der Waals surface area contributed by atoms with Gasteiger partial charge in [-0.25, -0.2) is 15.0 Å². The highest BCUT2D eigenvalue weighted by molar-refractivity contribution is 5.84. The maximum atomic E-state index is 5.18. The Morgan fingerprint density at radius 3 is 1.55 bits per heavy atom. The first kappa shape index (κ1) is 29.5. The van der Waals surface area contributed by atoms with E-state index >= 15 is 0 Å². The summed E-state index contributed by atoms with van der Waals surface area (Å²) < 4.78 is 0. The van der Waals surface area contributed by atoms with Crippen LogP contribution in [0.5, 0.6) is 0 Å². The van der Waals surface area contributed by atoms with Crippen LogP contribution in [-0.4, -0.2) is 15.0 Å². The second kappa shape index (κ2) is 13.4. The Balaban J connectivity index is 1.46. The number of aromatic nitrogens is 3. The first-order valence-electron chi connectivity index (χ1n) is 15.8. The lowest BCUT2D eigenvalue weighted by atomic mass is 9.94. The molecule has 0 aliphatic heterocycles. The average molecular weight is 604 g/mol. The molecule has 0 amide bonds. The van der Waals surface area contributed by atoms with Gasteiger partial charge < -0.3 is 0 Å². The highest BCUT2D eigenvalue weighted by Gasteiger charge is 2.17. The van der Waals surface area contributed by atoms with Gasteiger partial charge in [-0.2, -0.15) is 0 Å². The van der Waals surface area contributed by atoms with Crippen molar-refractivity contribution in [2.24, 2.45) is 0 Å². The van der Waals surface area contributed by atoms with Gasteiger partial charge >= 0.3 is 0 Å². The molecule has 0 saturated heterocycles. The largest absolute Gasteiger partial charge is 0.208 e. The van der Waals surface area contributed by atoms with Crippen molar-refractivity contribution in [3.63, 3.8) is 0 Å². The summed E-state index contributed by atoms with van der Waals surface area (Å²) in [5.74, 6) is 1.88. The molecule has 7 rings (SSSR count). The van der Waals surface area contributed by atoms with E-state index in [1.165, 1.54) is 0 Å². The summed E-state index contributed by atoms with van der Waals surface area (Å²) in [6.45, 7) is 6.06. The van der Waals surface area contributed by atoms with E-state index in [0.29, 0.717) is 17.5 Å². The summed E-state index contributed by atoms with van der Waals surface area (Å²) in [5, 5.41) is 0. The van der Waals surface area contributed by atoms with Crippen LogP contribution in [0.2, 0.25) is 0 Å². The summed E-state index contributed by atoms with van der Waals surface area (Å²) in [6, 6.07) is 54.5. The molecule has 0 unspecified atom stereocenters. The molecule has 0 atom stereocenters. The van der Waals surface area contributed by atoms with E-state index in [0.717, 1.165) is 61.2 Å². The lowest BCUT2D eigenvalue weighted by molar-refractivity contribution is 1.07. The molecule has 0 radical (unpaired) electrons. The van der Waals surface area contributed by atoms with Crippen LogP contribution in [0.3, 0.4) is 0 Å². The highest BCUT2D eigenvalue weighted by Crippen LogP contribution is 2.36. The molecule has 3 heteroatoms. The normalized spacial score (nSPS) is 11.3. The van der Waals surface area contributed by atoms with Gasteiger partial charge in [0.25, 0.3) is 0 Å². The van der Waals surface area contributed by atoms with Crippen LogP contribution in [0.1, 0.15) is 12.5 Å². The van der Waals surface area contributed by atoms with Gasteiger partial charge in [0.1, 0.15) is 0 Å². The molecule has 0 spiro atoms. The van der Waals surface area contributed by atoms with Crippen molar-refractivity contribution < 1.29 is 0 Å². The Morgan fingerprint density at radius 1 is 0.426 bits per heavy atom. The van der Waals surface area contributed by atoms with Gasteiger partial charge in [0.05, 0.1) is 0 Å². The zero-order valence-electron chi connectivity index (χ0n) is 26.2. The van der Waals surface area contributed by atoms with Gasteiger partial charge in [-0.1, -0.05) is 152 Å². The van der Waals surface area contributed by atoms with Crippen LogP contribution >= 0.6 is 0 Å². The summed E-state index contributed by atoms with van der Waals surface area (Å²) in [6.07, 6.45) is 3.98. The smallest absolute Gasteiger partial charge is 0.164 e. The minimum Gasteiger partial charge on any atom is -0.208 e. The Hall–Kier alpha value is -6.19. The molecule has 1 aromatic heterocycles. The number of nitrogens with zero attached hydrogens (tertiary/aromatic N) is 3. The van der Waals surface area contributed by atoms with Crippen molar-refractivity contribution >= 4 is 5.57 Å². The first-order valence-corrected chi connectivity index (χ1v) is 15.8. The van der Waals surface area contributed by atoms with E-state index < -0.39 is 0 Å². The summed E-state index contributed by atoms with van der Waals surface area (Å²) >= 11 is 0. The minimum atomic E-state index is 0.618. The third kappa shape index (κ3) is 6.33. The molecule has 1 heterocycles. The Bertz CT molecular complexity index is 2200. The SMILES string of the molecule is C=C/C(=C\C)c1cccc(-c2cc(-c3ccccc3)cc(-c3nc(-c4ccccc4)nc(-c4ccccc4-c4ccccc4)n3)c2)c1. The van der Waals surface area contributed by atoms with Crippen LogP contribution in [0.15, 0.2) is 176 Å². The van der Waals surface area contributed by atoms with Crippen LogP contribution in [-0.2, 0) is 0 Å². The van der Waals surface area contributed by atoms with Crippen molar-refractivity contribution in [3.8, 4) is 67.5 Å². The molecule has 224 valence electrons. The fourth-order valence-electron chi connectivity index (χ4n) is 5.89. The van der Waals surface area contributed by atoms with E-state index in [1.807, 2.05) is 61.5 Å². The van der Waals surface area contributed by atoms with Crippen molar-refractivity contribution in [3.05, 3.63) is 182 Å². The molecular formula is C44H33N3. The van der Waals surface area contributed by atoms with Crippen LogP contribution in [0.4, 0.5) is 0 Å². The predicted molar refractivity (Wildman–Crippen MR) is 196 cm³/mol. The number of rotatable bonds is 8. The van der Waals surface area contributed by atoms with Gasteiger partial charge in [-0.05, 0) is 75.7 Å². The van der Waals surface area contributed by atoms with Crippen molar-refractivity contribution in [1.82, 2.24) is 15.0 Å². The molecule has 0 saturated carbocycles. The Labute approximate surface area is 276 Å². The molecule has 7 aromatic rings. The van der Waals surface area contributed by atoms with Crippen molar-refractivity contribution in [2.75, 3.05) is 0 Å². The lowest BCUT2D eigenvalue weighted by Gasteiger charge is -2.14. The van der Waals surface area contributed by atoms with Gasteiger partial charge in [0, 0.05) is 16.7 Å². The summed E-state index contributed by atoms with van der Waals surface area (Å²) in [5.41, 5.74) is 11.6. The molecule has 47 heavy (non-hydrogen) atoms. The van der Waals surface area contributed by atoms with Crippen molar-refractivity contribution in [2.45, 2.75) is 6.92 Å². The van der Waals surface area contributed by atoms with Gasteiger partial charge in [-0.3, -0.25) is 0 Å². The second-order valence-electron chi connectivity index (χ2n) is 11.3. The van der Waals surface area contributed by atoms with Crippen LogP contribution in [0.25, 0.3) is 73.1 Å². The fraction of sp³-hybridized carbons (Fsp3) is 0.0227. The highest BCUT2D eigenvalue weighted by atomic mass is 15.0. The van der Waals surface area contributed by atoms with Gasteiger partial charge in [0.15, 0.2) is 17.5 Å². The maximum absolute atomic E-state index is 5.18. The average Bonchev–Trinajstić information content (AvgIpc) is 3.16. The quantitative estimate of drug-likeness (QED) is 0.162. The maximum Gasteiger partial charge on any atom is 0.164 e. The molecular weight excluding hydrogens is 571 g/mol. The molecule has 0 aliphatic carbocycles. The number of allylic oxidation sites excluding steroid dienone is 3. The molecule has 0 N–H and O–H groups in total. The first-order chi connectivity index (χ1) is 23.2. The zero-order chi connectivity index (χ0) is 32.0. The molecule has 0 bridgehead atoms. The van der Waals surface area contributed by atoms with E-state index in [4.69, 9.17) is 15.0 Å². The Morgan fingerprint density at radius 2 is 0.915 bits per heavy atom. The third-order valence-electron chi connectivity index (χ3n) is 8.28. The van der Waals surface area contributed by atoms with Crippen LogP contribution in [0, 0.1) is 0 Å². The second-order valence-corrected chi connectivity index (χ2v) is 11.3. The van der Waals surface area contributed by atoms with Crippen LogP contribution < -0.4 is 0 Å². The summed E-state index contributed by atoms with van der Waals surface area (Å²) in [4.78, 5) is 15.3. The number of hydrogen-bond acceptors (Lipinski definition) is 3. The fourth-order valence-corrected chi connectivity index (χ4v) is 5.89. The van der Waals surface area contributed by atoms with Gasteiger partial charge in [-0.15, -0.1) is 0 Å². The molecule has 3 nitrogen and oxygen atoms in total. The van der Waals surface area contributed by atoms with Gasteiger partial charge in [0.2, 0.25) is 0 Å². The predicted octanol–water partition coefficient (Wildman–Crippen LogP) is 11.5. The molecule has 0 aliphatic rings. The third-order valence-corrected chi connectivity index (χ3v) is 8.28. The number of hydrogen-bond donors (Lipinski definition) is 0. The van der Waals surface area contributed by atoms with E-state index in [1.54, 1.807) is 0 Å². The zero-order valence-corrected chi connectivity index (χ0v) is 26.2. The summed E-state index contributed by atoms with van der Waals surface area (Å²) in [7, 11) is 0. The lowest BCUT2D eigenvalue weighted by Crippen LogP contribution is -2.01. The number of benzene rings is 6. The van der Waals surface area contributed by atoms with E-state index in [-0.39, 0.29) is 0 Å². The molecule has 6 aromatic carbocycles. The van der Waals surface area contributed by atoms with Crippen molar-refractivity contribution in [1.29, 1.82) is 0 Å². The Kier molecular flexibility index (Phi) is 8.44. The molecule has 0 fully saturated rings. The monoisotopic (exact) mass is 603 g/mol.